The minimum atomic E-state index is -0.794. The summed E-state index contributed by atoms with van der Waals surface area (Å²) in [5, 5.41) is 0. The summed E-state index contributed by atoms with van der Waals surface area (Å²) in [6.07, 6.45) is -0.623. The van der Waals surface area contributed by atoms with E-state index in [1.165, 1.54) is 6.92 Å². The fraction of sp³-hybridized carbons (Fsp3) is 0.333. The molecule has 0 bridgehead atoms. The maximum absolute atomic E-state index is 11.3. The van der Waals surface area contributed by atoms with E-state index in [9.17, 15) is 9.59 Å². The zero-order valence-corrected chi connectivity index (χ0v) is 9.30. The van der Waals surface area contributed by atoms with Gasteiger partial charge in [0.05, 0.1) is 0 Å². The van der Waals surface area contributed by atoms with Crippen LogP contribution in [0.4, 0.5) is 0 Å². The van der Waals surface area contributed by atoms with Crippen LogP contribution < -0.4 is 4.74 Å². The molecule has 4 nitrogen and oxygen atoms in total. The monoisotopic (exact) mass is 222 g/mol. The average molecular weight is 222 g/mol. The second-order valence-electron chi connectivity index (χ2n) is 3.22. The van der Waals surface area contributed by atoms with Crippen molar-refractivity contribution in [2.45, 2.75) is 26.4 Å². The molecule has 1 unspecified atom stereocenters. The quantitative estimate of drug-likeness (QED) is 0.577. The van der Waals surface area contributed by atoms with Gasteiger partial charge in [-0.05, 0) is 19.1 Å². The van der Waals surface area contributed by atoms with Gasteiger partial charge in [-0.1, -0.05) is 25.1 Å². The van der Waals surface area contributed by atoms with E-state index >= 15 is 0 Å². The van der Waals surface area contributed by atoms with Crippen molar-refractivity contribution < 1.29 is 19.1 Å². The van der Waals surface area contributed by atoms with Crippen molar-refractivity contribution in [3.63, 3.8) is 0 Å². The van der Waals surface area contributed by atoms with Gasteiger partial charge in [-0.25, -0.2) is 4.79 Å². The molecule has 1 aromatic carbocycles. The maximum Gasteiger partial charge on any atom is 0.354 e. The van der Waals surface area contributed by atoms with Crippen LogP contribution in [0.25, 0.3) is 0 Å². The molecular weight excluding hydrogens is 208 g/mol. The van der Waals surface area contributed by atoms with E-state index in [1.807, 2.05) is 6.07 Å². The Hall–Kier alpha value is -1.84. The first-order valence-corrected chi connectivity index (χ1v) is 5.09. The van der Waals surface area contributed by atoms with E-state index in [2.05, 4.69) is 4.74 Å². The van der Waals surface area contributed by atoms with Crippen molar-refractivity contribution in [3.05, 3.63) is 30.3 Å². The molecule has 0 fully saturated rings. The Kier molecular flexibility index (Phi) is 4.51. The van der Waals surface area contributed by atoms with Crippen LogP contribution in [0.5, 0.6) is 5.75 Å². The molecule has 0 radical (unpaired) electrons. The van der Waals surface area contributed by atoms with E-state index in [0.717, 1.165) is 0 Å². The molecule has 0 saturated carbocycles. The standard InChI is InChI=1S/C12H14O4/c1-3-11(13)16-12(14)9(2)15-10-7-5-4-6-8-10/h4-9H,3H2,1-2H3. The first kappa shape index (κ1) is 12.2. The van der Waals surface area contributed by atoms with Crippen molar-refractivity contribution >= 4 is 11.9 Å². The molecule has 0 heterocycles. The Morgan fingerprint density at radius 1 is 1.25 bits per heavy atom. The zero-order chi connectivity index (χ0) is 12.0. The third kappa shape index (κ3) is 3.73. The third-order valence-corrected chi connectivity index (χ3v) is 1.89. The number of hydrogen-bond donors (Lipinski definition) is 0. The molecule has 4 heteroatoms. The molecule has 0 amide bonds. The Morgan fingerprint density at radius 2 is 1.88 bits per heavy atom. The minimum Gasteiger partial charge on any atom is -0.479 e. The van der Waals surface area contributed by atoms with E-state index in [4.69, 9.17) is 4.74 Å². The molecule has 1 atom stereocenters. The predicted octanol–water partition coefficient (Wildman–Crippen LogP) is 1.93. The van der Waals surface area contributed by atoms with E-state index < -0.39 is 18.0 Å². The van der Waals surface area contributed by atoms with Gasteiger partial charge < -0.3 is 9.47 Å². The lowest BCUT2D eigenvalue weighted by Crippen LogP contribution is -2.28. The molecule has 0 aliphatic heterocycles. The second kappa shape index (κ2) is 5.90. The highest BCUT2D eigenvalue weighted by Gasteiger charge is 2.18. The summed E-state index contributed by atoms with van der Waals surface area (Å²) in [4.78, 5) is 22.2. The zero-order valence-electron chi connectivity index (χ0n) is 9.30. The summed E-state index contributed by atoms with van der Waals surface area (Å²) < 4.78 is 9.83. The number of benzene rings is 1. The molecular formula is C12H14O4. The number of ether oxygens (including phenoxy) is 2. The number of esters is 2. The Bertz CT molecular complexity index is 359. The highest BCUT2D eigenvalue weighted by Crippen LogP contribution is 2.11. The fourth-order valence-electron chi connectivity index (χ4n) is 1.02. The van der Waals surface area contributed by atoms with Gasteiger partial charge in [-0.3, -0.25) is 4.79 Å². The maximum atomic E-state index is 11.3. The van der Waals surface area contributed by atoms with Gasteiger partial charge >= 0.3 is 11.9 Å². The Balaban J connectivity index is 2.49. The summed E-state index contributed by atoms with van der Waals surface area (Å²) >= 11 is 0. The number of hydrogen-bond acceptors (Lipinski definition) is 4. The molecule has 0 N–H and O–H groups in total. The number of para-hydroxylation sites is 1. The first-order valence-electron chi connectivity index (χ1n) is 5.09. The number of carbonyl (C=O) groups is 2. The van der Waals surface area contributed by atoms with Crippen LogP contribution in [0, 0.1) is 0 Å². The van der Waals surface area contributed by atoms with Crippen molar-refractivity contribution in [3.8, 4) is 5.75 Å². The highest BCUT2D eigenvalue weighted by molar-refractivity contribution is 5.87. The normalized spacial score (nSPS) is 11.6. The SMILES string of the molecule is CCC(=O)OC(=O)C(C)Oc1ccccc1. The summed E-state index contributed by atoms with van der Waals surface area (Å²) in [5.74, 6) is -0.653. The van der Waals surface area contributed by atoms with Crippen LogP contribution in [-0.4, -0.2) is 18.0 Å². The fourth-order valence-corrected chi connectivity index (χ4v) is 1.02. The average Bonchev–Trinajstić information content (AvgIpc) is 2.30. The molecule has 1 aromatic rings. The van der Waals surface area contributed by atoms with Crippen LogP contribution in [-0.2, 0) is 14.3 Å². The summed E-state index contributed by atoms with van der Waals surface area (Å²) in [6.45, 7) is 3.16. The van der Waals surface area contributed by atoms with Crippen LogP contribution in [0.3, 0.4) is 0 Å². The Morgan fingerprint density at radius 3 is 2.44 bits per heavy atom. The molecule has 1 rings (SSSR count). The highest BCUT2D eigenvalue weighted by atomic mass is 16.6. The van der Waals surface area contributed by atoms with Crippen molar-refractivity contribution in [1.82, 2.24) is 0 Å². The molecule has 0 aliphatic rings. The predicted molar refractivity (Wildman–Crippen MR) is 57.9 cm³/mol. The topological polar surface area (TPSA) is 52.6 Å². The smallest absolute Gasteiger partial charge is 0.354 e. The van der Waals surface area contributed by atoms with Gasteiger partial charge in [0.15, 0.2) is 6.10 Å². The largest absolute Gasteiger partial charge is 0.479 e. The van der Waals surface area contributed by atoms with Gasteiger partial charge in [0, 0.05) is 6.42 Å². The number of carbonyl (C=O) groups excluding carboxylic acids is 2. The molecule has 86 valence electrons. The molecule has 0 saturated heterocycles. The lowest BCUT2D eigenvalue weighted by molar-refractivity contribution is -0.164. The summed E-state index contributed by atoms with van der Waals surface area (Å²) in [5.41, 5.74) is 0. The molecule has 0 aromatic heterocycles. The van der Waals surface area contributed by atoms with E-state index in [1.54, 1.807) is 31.2 Å². The summed E-state index contributed by atoms with van der Waals surface area (Å²) in [6, 6.07) is 8.89. The first-order chi connectivity index (χ1) is 7.63. The Labute approximate surface area is 94.2 Å². The van der Waals surface area contributed by atoms with Crippen molar-refractivity contribution in [1.29, 1.82) is 0 Å². The van der Waals surface area contributed by atoms with Gasteiger partial charge in [0.25, 0.3) is 0 Å². The van der Waals surface area contributed by atoms with Crippen LogP contribution >= 0.6 is 0 Å². The molecule has 0 aliphatic carbocycles. The van der Waals surface area contributed by atoms with Crippen LogP contribution in [0.15, 0.2) is 30.3 Å². The number of rotatable bonds is 4. The van der Waals surface area contributed by atoms with Gasteiger partial charge in [0.2, 0.25) is 0 Å². The van der Waals surface area contributed by atoms with E-state index in [0.29, 0.717) is 5.75 Å². The lowest BCUT2D eigenvalue weighted by atomic mass is 10.3. The minimum absolute atomic E-state index is 0.170. The van der Waals surface area contributed by atoms with Crippen LogP contribution in [0.2, 0.25) is 0 Å². The van der Waals surface area contributed by atoms with Crippen molar-refractivity contribution in [2.75, 3.05) is 0 Å². The van der Waals surface area contributed by atoms with E-state index in [-0.39, 0.29) is 6.42 Å². The van der Waals surface area contributed by atoms with Crippen LogP contribution in [0.1, 0.15) is 20.3 Å². The van der Waals surface area contributed by atoms with Crippen molar-refractivity contribution in [2.24, 2.45) is 0 Å². The third-order valence-electron chi connectivity index (χ3n) is 1.89. The lowest BCUT2D eigenvalue weighted by Gasteiger charge is -2.12. The molecule has 16 heavy (non-hydrogen) atoms. The summed E-state index contributed by atoms with van der Waals surface area (Å²) in [7, 11) is 0. The van der Waals surface area contributed by atoms with Gasteiger partial charge in [-0.2, -0.15) is 0 Å². The van der Waals surface area contributed by atoms with Gasteiger partial charge in [-0.15, -0.1) is 0 Å². The van der Waals surface area contributed by atoms with Gasteiger partial charge in [0.1, 0.15) is 5.75 Å². The molecule has 0 spiro atoms. The second-order valence-corrected chi connectivity index (χ2v) is 3.22.